The zero-order valence-electron chi connectivity index (χ0n) is 19.9. The molecule has 4 rings (SSSR count). The normalized spacial score (nSPS) is 19.8. The van der Waals surface area contributed by atoms with E-state index in [1.165, 1.54) is 4.31 Å². The molecule has 0 spiro atoms. The van der Waals surface area contributed by atoms with Crippen LogP contribution in [-0.2, 0) is 16.8 Å². The predicted molar refractivity (Wildman–Crippen MR) is 129 cm³/mol. The van der Waals surface area contributed by atoms with Crippen molar-refractivity contribution in [1.29, 1.82) is 0 Å². The number of hydrogen-bond acceptors (Lipinski definition) is 6. The molecule has 0 saturated carbocycles. The predicted octanol–water partition coefficient (Wildman–Crippen LogP) is 4.34. The quantitative estimate of drug-likeness (QED) is 0.453. The van der Waals surface area contributed by atoms with Crippen LogP contribution in [0.3, 0.4) is 0 Å². The molecule has 3 aromatic rings. The van der Waals surface area contributed by atoms with Crippen molar-refractivity contribution in [2.45, 2.75) is 45.8 Å². The van der Waals surface area contributed by atoms with Gasteiger partial charge in [0.25, 0.3) is 5.89 Å². The molecule has 2 unspecified atom stereocenters. The first kappa shape index (κ1) is 25.2. The molecule has 11 heteroatoms. The van der Waals surface area contributed by atoms with Crippen LogP contribution in [0.25, 0.3) is 11.5 Å². The van der Waals surface area contributed by atoms with Gasteiger partial charge in [0.05, 0.1) is 12.2 Å². The molecular formula is C24H29F2N5O3S. The molecule has 35 heavy (non-hydrogen) atoms. The summed E-state index contributed by atoms with van der Waals surface area (Å²) in [5.41, 5.74) is 1.76. The molecule has 1 fully saturated rings. The number of aromatic nitrogens is 2. The molecule has 0 bridgehead atoms. The lowest BCUT2D eigenvalue weighted by Gasteiger charge is -2.44. The van der Waals surface area contributed by atoms with Crippen molar-refractivity contribution in [2.75, 3.05) is 23.9 Å². The van der Waals surface area contributed by atoms with Crippen molar-refractivity contribution < 1.29 is 21.6 Å². The van der Waals surface area contributed by atoms with Crippen LogP contribution < -0.4 is 4.31 Å². The summed E-state index contributed by atoms with van der Waals surface area (Å²) in [4.78, 5) is 2.30. The van der Waals surface area contributed by atoms with Gasteiger partial charge in [-0.25, -0.2) is 0 Å². The Morgan fingerprint density at radius 3 is 2.20 bits per heavy atom. The summed E-state index contributed by atoms with van der Waals surface area (Å²) in [7, 11) is -3.83. The summed E-state index contributed by atoms with van der Waals surface area (Å²) < 4.78 is 61.2. The van der Waals surface area contributed by atoms with E-state index in [1.807, 2.05) is 19.9 Å². The molecule has 1 saturated heterocycles. The van der Waals surface area contributed by atoms with Crippen molar-refractivity contribution in [2.24, 2.45) is 0 Å². The van der Waals surface area contributed by atoms with E-state index in [-0.39, 0.29) is 24.5 Å². The van der Waals surface area contributed by atoms with Crippen LogP contribution in [0.2, 0.25) is 0 Å². The molecular weight excluding hydrogens is 476 g/mol. The number of para-hydroxylation sites is 1. The molecule has 1 aromatic heterocycles. The minimum Gasteiger partial charge on any atom is -0.415 e. The fourth-order valence-corrected chi connectivity index (χ4v) is 6.30. The molecule has 2 heterocycles. The van der Waals surface area contributed by atoms with Gasteiger partial charge >= 0.3 is 16.6 Å². The van der Waals surface area contributed by atoms with E-state index in [0.29, 0.717) is 24.3 Å². The highest BCUT2D eigenvalue weighted by atomic mass is 32.2. The number of hydrogen-bond donors (Lipinski definition) is 0. The minimum atomic E-state index is -3.83. The van der Waals surface area contributed by atoms with Crippen LogP contribution in [0.1, 0.15) is 38.7 Å². The maximum atomic E-state index is 13.9. The van der Waals surface area contributed by atoms with Gasteiger partial charge in [-0.1, -0.05) is 37.3 Å². The topological polar surface area (TPSA) is 82.8 Å². The van der Waals surface area contributed by atoms with Gasteiger partial charge in [-0.05, 0) is 50.2 Å². The lowest BCUT2D eigenvalue weighted by atomic mass is 10.1. The second kappa shape index (κ2) is 10.4. The average Bonchev–Trinajstić information content (AvgIpc) is 3.34. The van der Waals surface area contributed by atoms with Crippen LogP contribution >= 0.6 is 0 Å². The van der Waals surface area contributed by atoms with Gasteiger partial charge in [-0.15, -0.1) is 10.2 Å². The summed E-state index contributed by atoms with van der Waals surface area (Å²) in [6.45, 7) is 7.96. The van der Waals surface area contributed by atoms with E-state index in [2.05, 4.69) is 22.0 Å². The molecule has 1 aliphatic heterocycles. The van der Waals surface area contributed by atoms with E-state index in [4.69, 9.17) is 4.42 Å². The van der Waals surface area contributed by atoms with Crippen molar-refractivity contribution in [3.05, 3.63) is 66.1 Å². The van der Waals surface area contributed by atoms with Crippen molar-refractivity contribution >= 4 is 15.9 Å². The van der Waals surface area contributed by atoms with Gasteiger partial charge in [0, 0.05) is 30.7 Å². The van der Waals surface area contributed by atoms with Crippen LogP contribution in [-0.4, -0.2) is 59.5 Å². The van der Waals surface area contributed by atoms with Crippen LogP contribution in [0.5, 0.6) is 0 Å². The van der Waals surface area contributed by atoms with Gasteiger partial charge in [-0.3, -0.25) is 9.21 Å². The summed E-state index contributed by atoms with van der Waals surface area (Å²) in [6, 6.07) is 15.9. The third-order valence-corrected chi connectivity index (χ3v) is 8.08. The largest absolute Gasteiger partial charge is 0.415 e. The number of halogens is 2. The first-order chi connectivity index (χ1) is 16.7. The summed E-state index contributed by atoms with van der Waals surface area (Å²) in [5, 5.41) is 7.01. The van der Waals surface area contributed by atoms with E-state index in [0.717, 1.165) is 12.1 Å². The molecule has 0 radical (unpaired) electrons. The number of benzene rings is 2. The van der Waals surface area contributed by atoms with E-state index >= 15 is 0 Å². The second-order valence-electron chi connectivity index (χ2n) is 8.64. The lowest BCUT2D eigenvalue weighted by Crippen LogP contribution is -2.60. The van der Waals surface area contributed by atoms with Crippen LogP contribution in [0, 0.1) is 0 Å². The Hall–Kier alpha value is -2.89. The summed E-state index contributed by atoms with van der Waals surface area (Å²) in [5.74, 6) is -0.756. The number of anilines is 1. The average molecular weight is 506 g/mol. The highest BCUT2D eigenvalue weighted by Gasteiger charge is 2.38. The van der Waals surface area contributed by atoms with Crippen LogP contribution in [0.4, 0.5) is 14.5 Å². The zero-order chi connectivity index (χ0) is 25.2. The number of nitrogens with zero attached hydrogens (tertiary/aromatic N) is 5. The second-order valence-corrected chi connectivity index (χ2v) is 10.5. The standard InChI is InChI=1S/C24H29F2N5O3S/c1-4-30-17(2)14-29(15-18(30)3)35(32,33)31(21-8-6-5-7-9-21)16-19-10-12-20(13-11-19)23-27-28-24(34-23)22(25)26/h5-13,17-18,22H,4,14-16H2,1-3H3. The fraction of sp³-hybridized carbons (Fsp3) is 0.417. The molecule has 2 aromatic carbocycles. The zero-order valence-corrected chi connectivity index (χ0v) is 20.7. The molecule has 1 aliphatic rings. The van der Waals surface area contributed by atoms with Gasteiger partial charge in [0.2, 0.25) is 5.89 Å². The summed E-state index contributed by atoms with van der Waals surface area (Å²) in [6.07, 6.45) is -2.84. The van der Waals surface area contributed by atoms with Gasteiger partial charge in [0.15, 0.2) is 0 Å². The highest BCUT2D eigenvalue weighted by Crippen LogP contribution is 2.28. The maximum Gasteiger partial charge on any atom is 0.314 e. The third-order valence-electron chi connectivity index (χ3n) is 6.24. The Labute approximate surface area is 204 Å². The van der Waals surface area contributed by atoms with Gasteiger partial charge < -0.3 is 4.42 Å². The Balaban J connectivity index is 1.60. The Morgan fingerprint density at radius 1 is 1.03 bits per heavy atom. The number of rotatable bonds is 8. The first-order valence-corrected chi connectivity index (χ1v) is 12.9. The smallest absolute Gasteiger partial charge is 0.314 e. The van der Waals surface area contributed by atoms with Crippen molar-refractivity contribution in [1.82, 2.24) is 19.4 Å². The third kappa shape index (κ3) is 5.36. The molecule has 0 amide bonds. The molecule has 2 atom stereocenters. The number of alkyl halides is 2. The molecule has 188 valence electrons. The maximum absolute atomic E-state index is 13.9. The number of piperazine rings is 1. The Morgan fingerprint density at radius 2 is 1.66 bits per heavy atom. The monoisotopic (exact) mass is 505 g/mol. The fourth-order valence-electron chi connectivity index (χ4n) is 4.52. The van der Waals surface area contributed by atoms with Crippen LogP contribution in [0.15, 0.2) is 59.0 Å². The molecule has 0 aliphatic carbocycles. The highest BCUT2D eigenvalue weighted by molar-refractivity contribution is 7.90. The molecule has 0 N–H and O–H groups in total. The summed E-state index contributed by atoms with van der Waals surface area (Å²) >= 11 is 0. The minimum absolute atomic E-state index is 0.0174. The molecule has 8 nitrogen and oxygen atoms in total. The number of likely N-dealkylation sites (N-methyl/N-ethyl adjacent to an activating group) is 1. The van der Waals surface area contributed by atoms with Gasteiger partial charge in [-0.2, -0.15) is 21.5 Å². The van der Waals surface area contributed by atoms with E-state index in [9.17, 15) is 17.2 Å². The SMILES string of the molecule is CCN1C(C)CN(S(=O)(=O)N(Cc2ccc(-c3nnc(C(F)F)o3)cc2)c2ccccc2)CC1C. The van der Waals surface area contributed by atoms with E-state index in [1.54, 1.807) is 52.8 Å². The first-order valence-electron chi connectivity index (χ1n) is 11.5. The van der Waals surface area contributed by atoms with Gasteiger partial charge in [0.1, 0.15) is 0 Å². The Kier molecular flexibility index (Phi) is 7.48. The van der Waals surface area contributed by atoms with Crippen molar-refractivity contribution in [3.8, 4) is 11.5 Å². The Bertz CT molecular complexity index is 1210. The lowest BCUT2D eigenvalue weighted by molar-refractivity contribution is 0.0827. The van der Waals surface area contributed by atoms with E-state index < -0.39 is 22.5 Å². The van der Waals surface area contributed by atoms with Crippen molar-refractivity contribution in [3.63, 3.8) is 0 Å².